The number of carbonyl (C=O) groups excluding carboxylic acids is 5. The minimum atomic E-state index is -0.804. The molecule has 4 aromatic heterocycles. The van der Waals surface area contributed by atoms with Crippen LogP contribution in [0.25, 0.3) is 45.1 Å². The lowest BCUT2D eigenvalue weighted by atomic mass is 10.2. The van der Waals surface area contributed by atoms with E-state index in [-0.39, 0.29) is 65.6 Å². The fourth-order valence-electron chi connectivity index (χ4n) is 6.67. The van der Waals surface area contributed by atoms with Crippen LogP contribution >= 0.6 is 11.6 Å². The zero-order chi connectivity index (χ0) is 48.6. The number of aromatic nitrogens is 8. The number of halogens is 1. The molecule has 0 radical (unpaired) electrons. The molecule has 0 bridgehead atoms. The zero-order valence-corrected chi connectivity index (χ0v) is 39.0. The first-order valence-corrected chi connectivity index (χ1v) is 21.3. The summed E-state index contributed by atoms with van der Waals surface area (Å²) in [7, 11) is 2.50. The average molecular weight is 943 g/mol. The van der Waals surface area contributed by atoms with Gasteiger partial charge < -0.3 is 39.1 Å². The second-order valence-electron chi connectivity index (χ2n) is 16.9. The van der Waals surface area contributed by atoms with Crippen molar-refractivity contribution in [2.45, 2.75) is 84.8 Å². The van der Waals surface area contributed by atoms with E-state index in [1.165, 1.54) is 23.4 Å². The van der Waals surface area contributed by atoms with Crippen LogP contribution in [0.1, 0.15) is 66.0 Å². The quantitative estimate of drug-likeness (QED) is 0.0833. The van der Waals surface area contributed by atoms with Crippen molar-refractivity contribution in [3.05, 3.63) is 77.5 Å². The van der Waals surface area contributed by atoms with Crippen molar-refractivity contribution in [1.29, 1.82) is 0 Å². The predicted molar refractivity (Wildman–Crippen MR) is 243 cm³/mol. The van der Waals surface area contributed by atoms with Crippen LogP contribution in [0, 0.1) is 0 Å². The van der Waals surface area contributed by atoms with E-state index >= 15 is 0 Å². The molecule has 1 aliphatic heterocycles. The van der Waals surface area contributed by atoms with Gasteiger partial charge in [0.1, 0.15) is 60.8 Å². The van der Waals surface area contributed by atoms with Gasteiger partial charge in [0, 0.05) is 17.7 Å². The lowest BCUT2D eigenvalue weighted by Gasteiger charge is -2.24. The number of benzene rings is 2. The molecule has 1 atom stereocenters. The lowest BCUT2D eigenvalue weighted by Crippen LogP contribution is -2.41. The number of imidazole rings is 2. The number of amides is 1. The molecule has 1 aliphatic rings. The first kappa shape index (κ1) is 49.3. The Labute approximate surface area is 389 Å². The highest BCUT2D eigenvalue weighted by molar-refractivity contribution is 6.33. The van der Waals surface area contributed by atoms with E-state index < -0.39 is 47.3 Å². The lowest BCUT2D eigenvalue weighted by molar-refractivity contribution is -0.147. The van der Waals surface area contributed by atoms with Crippen molar-refractivity contribution < 1.29 is 52.4 Å². The number of hydrogen-bond acceptors (Lipinski definition) is 18. The van der Waals surface area contributed by atoms with Crippen molar-refractivity contribution in [2.24, 2.45) is 5.73 Å². The summed E-state index contributed by atoms with van der Waals surface area (Å²) < 4.78 is 33.5. The highest BCUT2D eigenvalue weighted by Crippen LogP contribution is 2.33. The Kier molecular flexibility index (Phi) is 15.5. The van der Waals surface area contributed by atoms with E-state index in [0.717, 1.165) is 12.0 Å². The number of nitrogens with two attached hydrogens (primary N) is 1. The van der Waals surface area contributed by atoms with Gasteiger partial charge in [-0.05, 0) is 54.4 Å². The molecule has 2 N–H and O–H groups in total. The highest BCUT2D eigenvalue weighted by atomic mass is 35.5. The topological polar surface area (TPSA) is 257 Å². The van der Waals surface area contributed by atoms with Crippen LogP contribution in [0.5, 0.6) is 0 Å². The molecular formula is C45H51ClN10O11. The average Bonchev–Trinajstić information content (AvgIpc) is 4.02. The van der Waals surface area contributed by atoms with E-state index in [9.17, 15) is 24.0 Å². The largest absolute Gasteiger partial charge is 0.467 e. The van der Waals surface area contributed by atoms with Gasteiger partial charge in [-0.15, -0.1) is 0 Å². The minimum absolute atomic E-state index is 0.0791. The highest BCUT2D eigenvalue weighted by Gasteiger charge is 2.35. The SMILES string of the molecule is COC(=O)COCc1nc2c(Cl)nc(-c3ccccc3)nc2n1C(=O)OC(C)(C)C.COC(=O)COCc1nc2c(N3CCC[C@H]3C(N)=O)nc(-c3ccccc3)nc2n1C(=O)OC(C)(C)C. The Morgan fingerprint density at radius 1 is 0.657 bits per heavy atom. The van der Waals surface area contributed by atoms with Gasteiger partial charge in [-0.2, -0.15) is 0 Å². The van der Waals surface area contributed by atoms with E-state index in [1.54, 1.807) is 46.4 Å². The van der Waals surface area contributed by atoms with Gasteiger partial charge in [-0.1, -0.05) is 72.3 Å². The van der Waals surface area contributed by atoms with Gasteiger partial charge in [-0.25, -0.2) is 58.2 Å². The number of rotatable bonds is 12. The fourth-order valence-corrected chi connectivity index (χ4v) is 6.88. The van der Waals surface area contributed by atoms with E-state index in [2.05, 4.69) is 34.4 Å². The molecule has 0 spiro atoms. The number of fused-ring (bicyclic) bond motifs is 2. The molecule has 6 aromatic rings. The van der Waals surface area contributed by atoms with Crippen LogP contribution in [-0.2, 0) is 56.0 Å². The normalized spacial score (nSPS) is 13.8. The van der Waals surface area contributed by atoms with E-state index in [1.807, 2.05) is 60.7 Å². The Hall–Kier alpha value is -7.10. The smallest absolute Gasteiger partial charge is 0.421 e. The first-order chi connectivity index (χ1) is 31.8. The second-order valence-corrected chi connectivity index (χ2v) is 17.2. The van der Waals surface area contributed by atoms with Crippen LogP contribution in [0.3, 0.4) is 0 Å². The Balaban J connectivity index is 0.000000226. The standard InChI is InChI=1S/C25H30N6O6.C20H21ClN4O5/c1-25(2,3)37-24(34)31-17(13-36-14-18(32)35-4)27-19-22(30-12-8-11-16(30)20(26)33)28-21(29-23(19)31)15-9-6-5-7-10-15;1-20(2,3)30-19(27)25-13(10-29-11-14(26)28-4)22-15-16(21)23-17(24-18(15)25)12-8-6-5-7-9-12/h5-7,9-10,16H,8,11-14H2,1-4H3,(H2,26,33);5-9H,10-11H2,1-4H3/t16-;/m0./s1. The summed E-state index contributed by atoms with van der Waals surface area (Å²) in [5.74, 6) is -0.231. The summed E-state index contributed by atoms with van der Waals surface area (Å²) in [6, 6.07) is 17.9. The molecule has 5 heterocycles. The van der Waals surface area contributed by atoms with Gasteiger partial charge in [-0.3, -0.25) is 4.79 Å². The summed E-state index contributed by atoms with van der Waals surface area (Å²) in [6.45, 7) is 9.99. The molecule has 67 heavy (non-hydrogen) atoms. The molecule has 2 aromatic carbocycles. The molecule has 0 unspecified atom stereocenters. The molecule has 1 saturated heterocycles. The molecule has 21 nitrogen and oxygen atoms in total. The molecule has 0 saturated carbocycles. The van der Waals surface area contributed by atoms with Crippen molar-refractivity contribution >= 4 is 69.8 Å². The van der Waals surface area contributed by atoms with Gasteiger partial charge in [0.05, 0.1) is 14.2 Å². The summed E-state index contributed by atoms with van der Waals surface area (Å²) in [6.07, 6.45) is -0.107. The summed E-state index contributed by atoms with van der Waals surface area (Å²) in [4.78, 5) is 90.4. The van der Waals surface area contributed by atoms with Crippen molar-refractivity contribution in [2.75, 3.05) is 38.9 Å². The molecule has 22 heteroatoms. The van der Waals surface area contributed by atoms with Gasteiger partial charge in [0.15, 0.2) is 39.4 Å². The number of hydrogen-bond donors (Lipinski definition) is 1. The number of anilines is 1. The van der Waals surface area contributed by atoms with E-state index in [4.69, 9.17) is 41.3 Å². The number of ether oxygens (including phenoxy) is 6. The molecule has 0 aliphatic carbocycles. The minimum Gasteiger partial charge on any atom is -0.467 e. The maximum atomic E-state index is 13.4. The number of methoxy groups -OCH3 is 2. The first-order valence-electron chi connectivity index (χ1n) is 20.9. The van der Waals surface area contributed by atoms with Gasteiger partial charge in [0.25, 0.3) is 0 Å². The van der Waals surface area contributed by atoms with Crippen molar-refractivity contribution in [1.82, 2.24) is 39.0 Å². The summed E-state index contributed by atoms with van der Waals surface area (Å²) in [5, 5.41) is 0.0791. The summed E-state index contributed by atoms with van der Waals surface area (Å²) >= 11 is 6.35. The van der Waals surface area contributed by atoms with Crippen LogP contribution < -0.4 is 10.6 Å². The monoisotopic (exact) mass is 942 g/mol. The van der Waals surface area contributed by atoms with Gasteiger partial charge >= 0.3 is 24.1 Å². The van der Waals surface area contributed by atoms with Gasteiger partial charge in [0.2, 0.25) is 5.91 Å². The van der Waals surface area contributed by atoms with Crippen molar-refractivity contribution in [3.8, 4) is 22.8 Å². The van der Waals surface area contributed by atoms with E-state index in [0.29, 0.717) is 36.0 Å². The molecular weight excluding hydrogens is 892 g/mol. The predicted octanol–water partition coefficient (Wildman–Crippen LogP) is 6.04. The molecule has 1 fully saturated rings. The third-order valence-corrected chi connectivity index (χ3v) is 9.78. The Morgan fingerprint density at radius 2 is 1.10 bits per heavy atom. The molecule has 1 amide bonds. The van der Waals surface area contributed by atoms with Crippen LogP contribution in [-0.4, -0.2) is 120 Å². The number of nitrogens with zero attached hydrogens (tertiary/aromatic N) is 9. The number of carbonyl (C=O) groups is 5. The molecule has 7 rings (SSSR count). The second kappa shape index (κ2) is 21.0. The maximum absolute atomic E-state index is 13.4. The third-order valence-electron chi connectivity index (χ3n) is 9.52. The van der Waals surface area contributed by atoms with Crippen LogP contribution in [0.2, 0.25) is 5.15 Å². The van der Waals surface area contributed by atoms with Crippen molar-refractivity contribution in [3.63, 3.8) is 0 Å². The van der Waals surface area contributed by atoms with Crippen LogP contribution in [0.15, 0.2) is 60.7 Å². The Morgan fingerprint density at radius 3 is 1.55 bits per heavy atom. The van der Waals surface area contributed by atoms with Crippen LogP contribution in [0.4, 0.5) is 15.4 Å². The maximum Gasteiger partial charge on any atom is 0.421 e. The Bertz CT molecular complexity index is 2770. The fraction of sp³-hybridized carbons (Fsp3) is 0.400. The molecule has 354 valence electrons. The number of primary amides is 1. The third kappa shape index (κ3) is 12.2. The number of esters is 2. The summed E-state index contributed by atoms with van der Waals surface area (Å²) in [5.41, 5.74) is 6.44. The zero-order valence-electron chi connectivity index (χ0n) is 38.3.